The molecule has 0 saturated carbocycles. The molecule has 1 aromatic carbocycles. The average molecular weight is 293 g/mol. The number of nitrogens with one attached hydrogen (secondary N) is 1. The van der Waals surface area contributed by atoms with E-state index in [1.165, 1.54) is 5.56 Å². The fourth-order valence-corrected chi connectivity index (χ4v) is 2.84. The number of imidazole rings is 1. The second kappa shape index (κ2) is 5.44. The molecule has 106 valence electrons. The zero-order valence-electron chi connectivity index (χ0n) is 11.3. The zero-order valence-corrected chi connectivity index (χ0v) is 12.0. The number of hydrazine groups is 1. The van der Waals surface area contributed by atoms with Gasteiger partial charge in [0.25, 0.3) is 0 Å². The van der Waals surface area contributed by atoms with Crippen LogP contribution in [0.3, 0.4) is 0 Å². The largest absolute Gasteiger partial charge is 0.493 e. The minimum Gasteiger partial charge on any atom is -0.493 e. The molecule has 1 aliphatic rings. The van der Waals surface area contributed by atoms with Crippen LogP contribution in [0.25, 0.3) is 0 Å². The van der Waals surface area contributed by atoms with E-state index in [1.807, 2.05) is 29.9 Å². The van der Waals surface area contributed by atoms with Crippen LogP contribution in [0, 0.1) is 0 Å². The van der Waals surface area contributed by atoms with Crippen molar-refractivity contribution in [3.63, 3.8) is 0 Å². The highest BCUT2D eigenvalue weighted by atomic mass is 35.5. The van der Waals surface area contributed by atoms with Crippen LogP contribution in [0.1, 0.15) is 22.9 Å². The fraction of sp³-hybridized carbons (Fsp3) is 0.357. The number of hydrogen-bond donors (Lipinski definition) is 2. The van der Waals surface area contributed by atoms with Crippen LogP contribution in [0.15, 0.2) is 24.7 Å². The molecule has 20 heavy (non-hydrogen) atoms. The first-order chi connectivity index (χ1) is 9.67. The van der Waals surface area contributed by atoms with Gasteiger partial charge in [0.05, 0.1) is 24.7 Å². The summed E-state index contributed by atoms with van der Waals surface area (Å²) in [6.07, 6.45) is 5.32. The van der Waals surface area contributed by atoms with E-state index in [4.69, 9.17) is 22.2 Å². The third-order valence-electron chi connectivity index (χ3n) is 3.53. The summed E-state index contributed by atoms with van der Waals surface area (Å²) in [5.74, 6) is 6.62. The number of nitrogens with two attached hydrogens (primary N) is 1. The molecule has 1 aromatic heterocycles. The van der Waals surface area contributed by atoms with Crippen LogP contribution in [0.4, 0.5) is 0 Å². The summed E-state index contributed by atoms with van der Waals surface area (Å²) >= 11 is 6.18. The van der Waals surface area contributed by atoms with Crippen molar-refractivity contribution >= 4 is 11.6 Å². The van der Waals surface area contributed by atoms with Gasteiger partial charge >= 0.3 is 0 Å². The van der Waals surface area contributed by atoms with Gasteiger partial charge in [0.2, 0.25) is 0 Å². The monoisotopic (exact) mass is 292 g/mol. The molecule has 3 rings (SSSR count). The van der Waals surface area contributed by atoms with Crippen LogP contribution in [-0.4, -0.2) is 16.2 Å². The second-order valence-corrected chi connectivity index (χ2v) is 5.48. The van der Waals surface area contributed by atoms with E-state index < -0.39 is 0 Å². The SMILES string of the molecule is Cn1cnc(C(Cc2cc(Cl)cc3c2OCC3)NN)c1. The minimum atomic E-state index is -0.0667. The van der Waals surface area contributed by atoms with Crippen molar-refractivity contribution in [2.75, 3.05) is 6.61 Å². The number of hydrogen-bond acceptors (Lipinski definition) is 4. The first kappa shape index (κ1) is 13.4. The van der Waals surface area contributed by atoms with Crippen LogP contribution in [-0.2, 0) is 19.9 Å². The van der Waals surface area contributed by atoms with E-state index in [2.05, 4.69) is 10.4 Å². The number of halogens is 1. The van der Waals surface area contributed by atoms with Crippen LogP contribution < -0.4 is 16.0 Å². The topological polar surface area (TPSA) is 65.1 Å². The third-order valence-corrected chi connectivity index (χ3v) is 3.75. The van der Waals surface area contributed by atoms with Gasteiger partial charge in [0.1, 0.15) is 5.75 Å². The van der Waals surface area contributed by atoms with Crippen LogP contribution in [0.2, 0.25) is 5.02 Å². The lowest BCUT2D eigenvalue weighted by molar-refractivity contribution is 0.351. The summed E-state index contributed by atoms with van der Waals surface area (Å²) in [7, 11) is 1.93. The maximum atomic E-state index is 6.18. The standard InChI is InChI=1S/C14H17ClN4O/c1-19-7-13(17-8-19)12(18-16)6-10-5-11(15)4-9-2-3-20-14(9)10/h4-5,7-8,12,18H,2-3,6,16H2,1H3. The van der Waals surface area contributed by atoms with Gasteiger partial charge in [0, 0.05) is 24.7 Å². The molecule has 0 spiro atoms. The summed E-state index contributed by atoms with van der Waals surface area (Å²) in [4.78, 5) is 4.35. The van der Waals surface area contributed by atoms with Crippen molar-refractivity contribution < 1.29 is 4.74 Å². The van der Waals surface area contributed by atoms with Crippen molar-refractivity contribution in [3.05, 3.63) is 46.5 Å². The van der Waals surface area contributed by atoms with Gasteiger partial charge in [-0.25, -0.2) is 4.98 Å². The van der Waals surface area contributed by atoms with Crippen molar-refractivity contribution in [2.45, 2.75) is 18.9 Å². The molecular formula is C14H17ClN4O. The number of aryl methyl sites for hydroxylation is 1. The number of nitrogens with zero attached hydrogens (tertiary/aromatic N) is 2. The summed E-state index contributed by atoms with van der Waals surface area (Å²) in [6, 6.07) is 3.85. The Balaban J connectivity index is 1.90. The molecule has 0 saturated heterocycles. The first-order valence-electron chi connectivity index (χ1n) is 6.55. The number of fused-ring (bicyclic) bond motifs is 1. The Morgan fingerprint density at radius 2 is 2.40 bits per heavy atom. The quantitative estimate of drug-likeness (QED) is 0.666. The van der Waals surface area contributed by atoms with Gasteiger partial charge in [0.15, 0.2) is 0 Å². The van der Waals surface area contributed by atoms with Gasteiger partial charge in [-0.15, -0.1) is 0 Å². The van der Waals surface area contributed by atoms with Crippen molar-refractivity contribution in [2.24, 2.45) is 12.9 Å². The Morgan fingerprint density at radius 3 is 3.10 bits per heavy atom. The predicted octanol–water partition coefficient (Wildman–Crippen LogP) is 1.76. The Kier molecular flexibility index (Phi) is 3.65. The average Bonchev–Trinajstić information content (AvgIpc) is 3.04. The fourth-order valence-electron chi connectivity index (χ4n) is 2.58. The second-order valence-electron chi connectivity index (χ2n) is 5.04. The first-order valence-corrected chi connectivity index (χ1v) is 6.93. The maximum Gasteiger partial charge on any atom is 0.125 e. The van der Waals surface area contributed by atoms with Crippen LogP contribution >= 0.6 is 11.6 Å². The molecule has 0 aliphatic carbocycles. The Hall–Kier alpha value is -1.56. The summed E-state index contributed by atoms with van der Waals surface area (Å²) in [6.45, 7) is 0.715. The lowest BCUT2D eigenvalue weighted by Crippen LogP contribution is -2.30. The van der Waals surface area contributed by atoms with Crippen molar-refractivity contribution in [1.82, 2.24) is 15.0 Å². The predicted molar refractivity (Wildman–Crippen MR) is 77.6 cm³/mol. The van der Waals surface area contributed by atoms with Gasteiger partial charge in [-0.2, -0.15) is 0 Å². The molecule has 1 aliphatic heterocycles. The highest BCUT2D eigenvalue weighted by Gasteiger charge is 2.21. The Labute approximate surface area is 122 Å². The number of benzene rings is 1. The van der Waals surface area contributed by atoms with E-state index in [0.29, 0.717) is 13.0 Å². The summed E-state index contributed by atoms with van der Waals surface area (Å²) < 4.78 is 7.62. The van der Waals surface area contributed by atoms with E-state index >= 15 is 0 Å². The Bertz CT molecular complexity index is 626. The van der Waals surface area contributed by atoms with Crippen molar-refractivity contribution in [1.29, 1.82) is 0 Å². The molecule has 0 radical (unpaired) electrons. The summed E-state index contributed by atoms with van der Waals surface area (Å²) in [5.41, 5.74) is 5.96. The molecule has 0 fully saturated rings. The summed E-state index contributed by atoms with van der Waals surface area (Å²) in [5, 5.41) is 0.737. The molecule has 2 heterocycles. The van der Waals surface area contributed by atoms with Gasteiger partial charge in [-0.1, -0.05) is 11.6 Å². The smallest absolute Gasteiger partial charge is 0.125 e. The third kappa shape index (κ3) is 2.52. The lowest BCUT2D eigenvalue weighted by atomic mass is 10.0. The number of aromatic nitrogens is 2. The van der Waals surface area contributed by atoms with Crippen LogP contribution in [0.5, 0.6) is 5.75 Å². The molecule has 1 unspecified atom stereocenters. The van der Waals surface area contributed by atoms with E-state index in [9.17, 15) is 0 Å². The van der Waals surface area contributed by atoms with E-state index in [0.717, 1.165) is 28.5 Å². The Morgan fingerprint density at radius 1 is 1.55 bits per heavy atom. The van der Waals surface area contributed by atoms with E-state index in [1.54, 1.807) is 6.33 Å². The van der Waals surface area contributed by atoms with E-state index in [-0.39, 0.29) is 6.04 Å². The zero-order chi connectivity index (χ0) is 14.1. The molecule has 0 amide bonds. The van der Waals surface area contributed by atoms with Gasteiger partial charge in [-0.3, -0.25) is 11.3 Å². The molecule has 5 nitrogen and oxygen atoms in total. The molecule has 6 heteroatoms. The molecule has 3 N–H and O–H groups in total. The maximum absolute atomic E-state index is 6.18. The number of ether oxygens (including phenoxy) is 1. The lowest BCUT2D eigenvalue weighted by Gasteiger charge is -2.16. The highest BCUT2D eigenvalue weighted by molar-refractivity contribution is 6.30. The molecule has 0 bridgehead atoms. The highest BCUT2D eigenvalue weighted by Crippen LogP contribution is 2.34. The number of rotatable bonds is 4. The molecule has 2 aromatic rings. The molecular weight excluding hydrogens is 276 g/mol. The van der Waals surface area contributed by atoms with Gasteiger partial charge in [-0.05, 0) is 29.7 Å². The van der Waals surface area contributed by atoms with Crippen molar-refractivity contribution in [3.8, 4) is 5.75 Å². The normalized spacial score (nSPS) is 14.9. The van der Waals surface area contributed by atoms with Gasteiger partial charge < -0.3 is 9.30 Å². The molecule has 1 atom stereocenters. The minimum absolute atomic E-state index is 0.0667.